The van der Waals surface area contributed by atoms with Gasteiger partial charge in [0.2, 0.25) is 0 Å². The number of rotatable bonds is 4. The molecule has 3 aromatic rings. The highest BCUT2D eigenvalue weighted by Gasteiger charge is 2.33. The number of hydrogen-bond acceptors (Lipinski definition) is 3. The maximum absolute atomic E-state index is 14.7. The van der Waals surface area contributed by atoms with Crippen molar-refractivity contribution in [1.82, 2.24) is 9.55 Å². The van der Waals surface area contributed by atoms with Crippen LogP contribution in [0.1, 0.15) is 53.5 Å². The second kappa shape index (κ2) is 8.54. The number of fused-ring (bicyclic) bond motifs is 1. The predicted octanol–water partition coefficient (Wildman–Crippen LogP) is 5.25. The number of pyridine rings is 1. The number of halogens is 4. The second-order valence-electron chi connectivity index (χ2n) is 8.28. The topological polar surface area (TPSA) is 67.2 Å². The lowest BCUT2D eigenvalue weighted by atomic mass is 9.81. The molecule has 2 N–H and O–H groups in total. The molecule has 1 amide bonds. The molecule has 4 rings (SSSR count). The minimum atomic E-state index is -4.68. The van der Waals surface area contributed by atoms with E-state index in [4.69, 9.17) is 0 Å². The number of aliphatic hydroxyl groups excluding tert-OH is 1. The average Bonchev–Trinajstić information content (AvgIpc) is 3.09. The van der Waals surface area contributed by atoms with Gasteiger partial charge in [-0.25, -0.2) is 9.37 Å². The number of anilines is 1. The number of alkyl halides is 3. The monoisotopic (exact) mass is 449 g/mol. The Bertz CT molecular complexity index is 1150. The number of carbonyl (C=O) groups is 1. The Hall–Kier alpha value is -2.94. The van der Waals surface area contributed by atoms with Crippen LogP contribution >= 0.6 is 0 Å². The minimum absolute atomic E-state index is 0.122. The second-order valence-corrected chi connectivity index (χ2v) is 8.28. The molecule has 32 heavy (non-hydrogen) atoms. The van der Waals surface area contributed by atoms with Crippen molar-refractivity contribution in [1.29, 1.82) is 0 Å². The van der Waals surface area contributed by atoms with Gasteiger partial charge in [0, 0.05) is 30.8 Å². The molecule has 1 aliphatic carbocycles. The Kier molecular flexibility index (Phi) is 5.94. The first kappa shape index (κ1) is 22.3. The summed E-state index contributed by atoms with van der Waals surface area (Å²) < 4.78 is 55.3. The third kappa shape index (κ3) is 4.34. The van der Waals surface area contributed by atoms with Gasteiger partial charge in [-0.05, 0) is 61.8 Å². The SMILES string of the molecule is Cn1c2cc(F)c(NC(=O)c3cccc(C(F)(F)F)n3)cc2cc1[C@H]1CC[C@H](CO)CC1. The highest BCUT2D eigenvalue weighted by atomic mass is 19.4. The van der Waals surface area contributed by atoms with Gasteiger partial charge in [0.15, 0.2) is 0 Å². The van der Waals surface area contributed by atoms with Gasteiger partial charge in [-0.1, -0.05) is 6.07 Å². The zero-order chi connectivity index (χ0) is 23.0. The molecule has 0 unspecified atom stereocenters. The zero-order valence-corrected chi connectivity index (χ0v) is 17.4. The van der Waals surface area contributed by atoms with Crippen LogP contribution in [0.5, 0.6) is 0 Å². The van der Waals surface area contributed by atoms with Gasteiger partial charge in [0.25, 0.3) is 5.91 Å². The molecule has 0 bridgehead atoms. The van der Waals surface area contributed by atoms with Crippen LogP contribution in [0.25, 0.3) is 10.9 Å². The number of aromatic nitrogens is 2. The summed E-state index contributed by atoms with van der Waals surface area (Å²) in [5.74, 6) is -0.988. The molecule has 1 fully saturated rings. The Labute approximate surface area is 182 Å². The minimum Gasteiger partial charge on any atom is -0.396 e. The summed E-state index contributed by atoms with van der Waals surface area (Å²) in [7, 11) is 1.86. The van der Waals surface area contributed by atoms with Crippen molar-refractivity contribution in [2.24, 2.45) is 13.0 Å². The summed E-state index contributed by atoms with van der Waals surface area (Å²) in [6.45, 7) is 0.191. The first-order valence-electron chi connectivity index (χ1n) is 10.4. The van der Waals surface area contributed by atoms with E-state index in [0.717, 1.165) is 55.0 Å². The standard InChI is InChI=1S/C23H23F4N3O2/c1-30-19(14-7-5-13(12-31)6-8-14)10-15-9-18(16(24)11-20(15)30)29-22(32)17-3-2-4-21(28-17)23(25,26)27/h2-4,9-11,13-14,31H,5-8,12H2,1H3,(H,29,32)/t13-,14-. The quantitative estimate of drug-likeness (QED) is 0.535. The first-order valence-corrected chi connectivity index (χ1v) is 10.4. The summed E-state index contributed by atoms with van der Waals surface area (Å²) in [6, 6.07) is 7.75. The fourth-order valence-electron chi connectivity index (χ4n) is 4.41. The largest absolute Gasteiger partial charge is 0.433 e. The molecule has 1 aliphatic rings. The fourth-order valence-corrected chi connectivity index (χ4v) is 4.41. The smallest absolute Gasteiger partial charge is 0.396 e. The molecule has 2 heterocycles. The van der Waals surface area contributed by atoms with Crippen LogP contribution in [0.2, 0.25) is 0 Å². The third-order valence-electron chi connectivity index (χ3n) is 6.21. The summed E-state index contributed by atoms with van der Waals surface area (Å²) in [5.41, 5.74) is -0.0444. The van der Waals surface area contributed by atoms with E-state index in [0.29, 0.717) is 17.4 Å². The third-order valence-corrected chi connectivity index (χ3v) is 6.21. The van der Waals surface area contributed by atoms with E-state index in [2.05, 4.69) is 10.3 Å². The van der Waals surface area contributed by atoms with Gasteiger partial charge >= 0.3 is 6.18 Å². The number of hydrogen-bond donors (Lipinski definition) is 2. The van der Waals surface area contributed by atoms with E-state index in [-0.39, 0.29) is 12.3 Å². The maximum atomic E-state index is 14.7. The van der Waals surface area contributed by atoms with Crippen LogP contribution < -0.4 is 5.32 Å². The van der Waals surface area contributed by atoms with Crippen molar-refractivity contribution >= 4 is 22.5 Å². The van der Waals surface area contributed by atoms with Gasteiger partial charge in [-0.3, -0.25) is 4.79 Å². The van der Waals surface area contributed by atoms with E-state index >= 15 is 0 Å². The zero-order valence-electron chi connectivity index (χ0n) is 17.4. The van der Waals surface area contributed by atoms with Gasteiger partial charge in [-0.2, -0.15) is 13.2 Å². The predicted molar refractivity (Wildman–Crippen MR) is 112 cm³/mol. The summed E-state index contributed by atoms with van der Waals surface area (Å²) in [4.78, 5) is 15.8. The summed E-state index contributed by atoms with van der Waals surface area (Å²) in [5, 5.41) is 12.4. The van der Waals surface area contributed by atoms with Crippen molar-refractivity contribution in [3.8, 4) is 0 Å². The first-order chi connectivity index (χ1) is 15.2. The molecule has 1 saturated carbocycles. The van der Waals surface area contributed by atoms with Crippen LogP contribution in [0, 0.1) is 11.7 Å². The Morgan fingerprint density at radius 3 is 2.56 bits per heavy atom. The van der Waals surface area contributed by atoms with Crippen LogP contribution in [0.3, 0.4) is 0 Å². The maximum Gasteiger partial charge on any atom is 0.433 e. The molecule has 0 radical (unpaired) electrons. The highest BCUT2D eigenvalue weighted by Crippen LogP contribution is 2.38. The molecular weight excluding hydrogens is 426 g/mol. The van der Waals surface area contributed by atoms with E-state index in [9.17, 15) is 27.5 Å². The lowest BCUT2D eigenvalue weighted by Gasteiger charge is -2.27. The number of benzene rings is 1. The van der Waals surface area contributed by atoms with Crippen LogP contribution in [0.4, 0.5) is 23.2 Å². The van der Waals surface area contributed by atoms with Crippen LogP contribution in [-0.4, -0.2) is 27.2 Å². The van der Waals surface area contributed by atoms with Crippen LogP contribution in [-0.2, 0) is 13.2 Å². The molecule has 0 spiro atoms. The molecule has 0 saturated heterocycles. The lowest BCUT2D eigenvalue weighted by molar-refractivity contribution is -0.141. The van der Waals surface area contributed by atoms with E-state index in [1.807, 2.05) is 17.7 Å². The molecule has 170 valence electrons. The normalized spacial score (nSPS) is 19.3. The fraction of sp³-hybridized carbons (Fsp3) is 0.391. The number of nitrogens with zero attached hydrogens (tertiary/aromatic N) is 2. The van der Waals surface area contributed by atoms with Crippen molar-refractivity contribution in [2.75, 3.05) is 11.9 Å². The van der Waals surface area contributed by atoms with Crippen molar-refractivity contribution in [3.63, 3.8) is 0 Å². The van der Waals surface area contributed by atoms with E-state index < -0.39 is 29.3 Å². The molecule has 0 aliphatic heterocycles. The van der Waals surface area contributed by atoms with E-state index in [1.165, 1.54) is 12.1 Å². The number of aliphatic hydroxyl groups is 1. The Morgan fingerprint density at radius 2 is 1.91 bits per heavy atom. The van der Waals surface area contributed by atoms with Gasteiger partial charge < -0.3 is 15.0 Å². The summed E-state index contributed by atoms with van der Waals surface area (Å²) >= 11 is 0. The molecule has 0 atom stereocenters. The number of amides is 1. The molecule has 9 heteroatoms. The van der Waals surface area contributed by atoms with Crippen LogP contribution in [0.15, 0.2) is 36.4 Å². The Morgan fingerprint density at radius 1 is 1.19 bits per heavy atom. The van der Waals surface area contributed by atoms with Gasteiger partial charge in [-0.15, -0.1) is 0 Å². The highest BCUT2D eigenvalue weighted by molar-refractivity contribution is 6.04. The van der Waals surface area contributed by atoms with Gasteiger partial charge in [0.05, 0.1) is 11.2 Å². The lowest BCUT2D eigenvalue weighted by Crippen LogP contribution is -2.17. The summed E-state index contributed by atoms with van der Waals surface area (Å²) in [6.07, 6.45) is -0.951. The molecule has 2 aromatic heterocycles. The average molecular weight is 449 g/mol. The molecule has 5 nitrogen and oxygen atoms in total. The molecular formula is C23H23F4N3O2. The van der Waals surface area contributed by atoms with E-state index in [1.54, 1.807) is 0 Å². The van der Waals surface area contributed by atoms with Crippen molar-refractivity contribution in [2.45, 2.75) is 37.8 Å². The number of carbonyl (C=O) groups excluding carboxylic acids is 1. The van der Waals surface area contributed by atoms with Gasteiger partial charge in [0.1, 0.15) is 17.2 Å². The number of aryl methyl sites for hydroxylation is 1. The van der Waals surface area contributed by atoms with Crippen molar-refractivity contribution in [3.05, 3.63) is 59.3 Å². The number of nitrogens with one attached hydrogen (secondary N) is 1. The van der Waals surface area contributed by atoms with Crippen molar-refractivity contribution < 1.29 is 27.5 Å². The Balaban J connectivity index is 1.59. The molecule has 1 aromatic carbocycles.